The number of nitrogens with one attached hydrogen (secondary N) is 1. The second-order valence-corrected chi connectivity index (χ2v) is 6.12. The topological polar surface area (TPSA) is 32.3 Å². The van der Waals surface area contributed by atoms with E-state index in [-0.39, 0.29) is 5.91 Å². The minimum Gasteiger partial charge on any atom is -0.342 e. The van der Waals surface area contributed by atoms with Crippen LogP contribution in [0, 0.1) is 0 Å². The Bertz CT molecular complexity index is 434. The van der Waals surface area contributed by atoms with Gasteiger partial charge in [-0.25, -0.2) is 0 Å². The number of carbonyl (C=O) groups excluding carboxylic acids is 1. The van der Waals surface area contributed by atoms with Crippen LogP contribution in [0.15, 0.2) is 30.3 Å². The van der Waals surface area contributed by atoms with Crippen LogP contribution in [0.1, 0.15) is 39.2 Å². The zero-order valence-electron chi connectivity index (χ0n) is 12.9. The monoisotopic (exact) mass is 274 g/mol. The summed E-state index contributed by atoms with van der Waals surface area (Å²) >= 11 is 0. The Labute approximate surface area is 122 Å². The molecule has 1 aliphatic heterocycles. The second kappa shape index (κ2) is 6.40. The van der Waals surface area contributed by atoms with Crippen molar-refractivity contribution in [3.63, 3.8) is 0 Å². The molecule has 2 rings (SSSR count). The van der Waals surface area contributed by atoms with E-state index in [1.54, 1.807) is 0 Å². The molecule has 0 bridgehead atoms. The standard InChI is InChI=1S/C17H26N2O/c1-4-18-15-10-12-19(13-11-15)16(20)17(2,3)14-8-6-5-7-9-14/h5-9,15,18H,4,10-13H2,1-3H3. The molecule has 1 amide bonds. The van der Waals surface area contributed by atoms with Crippen molar-refractivity contribution < 1.29 is 4.79 Å². The number of nitrogens with zero attached hydrogens (tertiary/aromatic N) is 1. The summed E-state index contributed by atoms with van der Waals surface area (Å²) in [6.07, 6.45) is 2.12. The van der Waals surface area contributed by atoms with Crippen molar-refractivity contribution in [1.82, 2.24) is 10.2 Å². The van der Waals surface area contributed by atoms with Crippen LogP contribution < -0.4 is 5.32 Å². The molecule has 0 aliphatic carbocycles. The van der Waals surface area contributed by atoms with Gasteiger partial charge in [0.25, 0.3) is 0 Å². The Morgan fingerprint density at radius 1 is 1.25 bits per heavy atom. The molecular formula is C17H26N2O. The molecule has 3 nitrogen and oxygen atoms in total. The van der Waals surface area contributed by atoms with E-state index in [1.165, 1.54) is 0 Å². The maximum atomic E-state index is 12.8. The molecule has 20 heavy (non-hydrogen) atoms. The Hall–Kier alpha value is -1.35. The van der Waals surface area contributed by atoms with Gasteiger partial charge in [0.2, 0.25) is 5.91 Å². The first-order valence-corrected chi connectivity index (χ1v) is 7.64. The lowest BCUT2D eigenvalue weighted by molar-refractivity contribution is -0.137. The van der Waals surface area contributed by atoms with Gasteiger partial charge >= 0.3 is 0 Å². The Balaban J connectivity index is 2.01. The van der Waals surface area contributed by atoms with E-state index >= 15 is 0 Å². The van der Waals surface area contributed by atoms with Crippen molar-refractivity contribution >= 4 is 5.91 Å². The Kier molecular flexibility index (Phi) is 4.81. The van der Waals surface area contributed by atoms with Gasteiger partial charge in [-0.2, -0.15) is 0 Å². The summed E-state index contributed by atoms with van der Waals surface area (Å²) in [7, 11) is 0. The van der Waals surface area contributed by atoms with E-state index in [2.05, 4.69) is 12.2 Å². The molecule has 3 heteroatoms. The molecule has 110 valence electrons. The normalized spacial score (nSPS) is 17.2. The third kappa shape index (κ3) is 3.21. The van der Waals surface area contributed by atoms with E-state index in [9.17, 15) is 4.79 Å². The molecule has 1 aliphatic rings. The maximum absolute atomic E-state index is 12.8. The molecule has 1 aromatic rings. The highest BCUT2D eigenvalue weighted by molar-refractivity contribution is 5.87. The highest BCUT2D eigenvalue weighted by Crippen LogP contribution is 2.27. The second-order valence-electron chi connectivity index (χ2n) is 6.12. The van der Waals surface area contributed by atoms with E-state index < -0.39 is 5.41 Å². The van der Waals surface area contributed by atoms with Crippen LogP contribution in [-0.2, 0) is 10.2 Å². The first kappa shape index (κ1) is 15.0. The minimum atomic E-state index is -0.438. The van der Waals surface area contributed by atoms with E-state index in [1.807, 2.05) is 49.1 Å². The van der Waals surface area contributed by atoms with Crippen molar-refractivity contribution in [2.24, 2.45) is 0 Å². The first-order chi connectivity index (χ1) is 9.55. The largest absolute Gasteiger partial charge is 0.342 e. The van der Waals surface area contributed by atoms with Gasteiger partial charge in [0.15, 0.2) is 0 Å². The average Bonchev–Trinajstić information content (AvgIpc) is 2.48. The summed E-state index contributed by atoms with van der Waals surface area (Å²) in [5.41, 5.74) is 0.658. The lowest BCUT2D eigenvalue weighted by atomic mass is 9.82. The molecule has 0 atom stereocenters. The van der Waals surface area contributed by atoms with Gasteiger partial charge in [0.1, 0.15) is 0 Å². The highest BCUT2D eigenvalue weighted by atomic mass is 16.2. The van der Waals surface area contributed by atoms with Gasteiger partial charge in [-0.3, -0.25) is 4.79 Å². The van der Waals surface area contributed by atoms with Crippen molar-refractivity contribution in [3.05, 3.63) is 35.9 Å². The predicted molar refractivity (Wildman–Crippen MR) is 82.7 cm³/mol. The van der Waals surface area contributed by atoms with Crippen molar-refractivity contribution in [2.75, 3.05) is 19.6 Å². The van der Waals surface area contributed by atoms with Gasteiger partial charge in [0.05, 0.1) is 5.41 Å². The SMILES string of the molecule is CCNC1CCN(C(=O)C(C)(C)c2ccccc2)CC1. The minimum absolute atomic E-state index is 0.249. The summed E-state index contributed by atoms with van der Waals surface area (Å²) in [5, 5.41) is 3.48. The van der Waals surface area contributed by atoms with Crippen LogP contribution in [0.4, 0.5) is 0 Å². The zero-order valence-corrected chi connectivity index (χ0v) is 12.9. The lowest BCUT2D eigenvalue weighted by Crippen LogP contribution is -2.50. The lowest BCUT2D eigenvalue weighted by Gasteiger charge is -2.37. The van der Waals surface area contributed by atoms with Crippen LogP contribution in [0.25, 0.3) is 0 Å². The predicted octanol–water partition coefficient (Wildman–Crippen LogP) is 2.56. The van der Waals surface area contributed by atoms with Gasteiger partial charge in [-0.05, 0) is 38.8 Å². The molecule has 1 heterocycles. The van der Waals surface area contributed by atoms with Crippen LogP contribution in [0.3, 0.4) is 0 Å². The first-order valence-electron chi connectivity index (χ1n) is 7.64. The van der Waals surface area contributed by atoms with Crippen LogP contribution in [-0.4, -0.2) is 36.5 Å². The third-order valence-corrected chi connectivity index (χ3v) is 4.31. The smallest absolute Gasteiger partial charge is 0.232 e. The number of likely N-dealkylation sites (tertiary alicyclic amines) is 1. The summed E-state index contributed by atoms with van der Waals surface area (Å²) < 4.78 is 0. The summed E-state index contributed by atoms with van der Waals surface area (Å²) in [5.74, 6) is 0.249. The van der Waals surface area contributed by atoms with Crippen LogP contribution >= 0.6 is 0 Å². The summed E-state index contributed by atoms with van der Waals surface area (Å²) in [4.78, 5) is 14.8. The molecule has 0 saturated carbocycles. The molecule has 0 spiro atoms. The maximum Gasteiger partial charge on any atom is 0.232 e. The van der Waals surface area contributed by atoms with Crippen LogP contribution in [0.5, 0.6) is 0 Å². The fraction of sp³-hybridized carbons (Fsp3) is 0.588. The number of benzene rings is 1. The third-order valence-electron chi connectivity index (χ3n) is 4.31. The highest BCUT2D eigenvalue weighted by Gasteiger charge is 2.35. The molecule has 1 N–H and O–H groups in total. The Morgan fingerprint density at radius 3 is 2.40 bits per heavy atom. The summed E-state index contributed by atoms with van der Waals surface area (Å²) in [6.45, 7) is 8.94. The van der Waals surface area contributed by atoms with E-state index in [4.69, 9.17) is 0 Å². The van der Waals surface area contributed by atoms with Crippen molar-refractivity contribution in [2.45, 2.75) is 45.1 Å². The van der Waals surface area contributed by atoms with Crippen molar-refractivity contribution in [1.29, 1.82) is 0 Å². The molecule has 1 aromatic carbocycles. The quantitative estimate of drug-likeness (QED) is 0.915. The fourth-order valence-corrected chi connectivity index (χ4v) is 2.95. The molecule has 0 aromatic heterocycles. The van der Waals surface area contributed by atoms with Gasteiger partial charge in [0, 0.05) is 19.1 Å². The number of hydrogen-bond acceptors (Lipinski definition) is 2. The molecular weight excluding hydrogens is 248 g/mol. The molecule has 1 saturated heterocycles. The van der Waals surface area contributed by atoms with Gasteiger partial charge in [-0.15, -0.1) is 0 Å². The number of carbonyl (C=O) groups is 1. The average molecular weight is 274 g/mol. The van der Waals surface area contributed by atoms with E-state index in [0.29, 0.717) is 6.04 Å². The number of piperidine rings is 1. The van der Waals surface area contributed by atoms with E-state index in [0.717, 1.165) is 38.0 Å². The Morgan fingerprint density at radius 2 is 1.85 bits per heavy atom. The van der Waals surface area contributed by atoms with Crippen LogP contribution in [0.2, 0.25) is 0 Å². The van der Waals surface area contributed by atoms with Gasteiger partial charge in [-0.1, -0.05) is 37.3 Å². The fourth-order valence-electron chi connectivity index (χ4n) is 2.95. The number of rotatable bonds is 4. The summed E-state index contributed by atoms with van der Waals surface area (Å²) in [6, 6.07) is 10.7. The van der Waals surface area contributed by atoms with Gasteiger partial charge < -0.3 is 10.2 Å². The van der Waals surface area contributed by atoms with Crippen molar-refractivity contribution in [3.8, 4) is 0 Å². The number of amides is 1. The molecule has 1 fully saturated rings. The number of hydrogen-bond donors (Lipinski definition) is 1. The molecule has 0 radical (unpaired) electrons. The molecule has 0 unspecified atom stereocenters. The zero-order chi connectivity index (χ0) is 14.6.